The summed E-state index contributed by atoms with van der Waals surface area (Å²) < 4.78 is 0. The quantitative estimate of drug-likeness (QED) is 0.752. The van der Waals surface area contributed by atoms with Crippen LogP contribution in [0.4, 0.5) is 11.8 Å². The summed E-state index contributed by atoms with van der Waals surface area (Å²) in [6, 6.07) is 8.00. The van der Waals surface area contributed by atoms with E-state index in [1.165, 1.54) is 12.8 Å². The van der Waals surface area contributed by atoms with Gasteiger partial charge in [0, 0.05) is 25.6 Å². The lowest BCUT2D eigenvalue weighted by Gasteiger charge is -2.16. The van der Waals surface area contributed by atoms with Crippen LogP contribution in [0.3, 0.4) is 0 Å². The number of nitrogens with one attached hydrogen (secondary N) is 2. The van der Waals surface area contributed by atoms with Crippen LogP contribution in [0.2, 0.25) is 0 Å². The molecule has 1 heterocycles. The predicted molar refractivity (Wildman–Crippen MR) is 80.9 cm³/mol. The molecule has 1 aromatic heterocycles. The number of anilines is 2. The van der Waals surface area contributed by atoms with Crippen molar-refractivity contribution in [2.75, 3.05) is 30.8 Å². The maximum Gasteiger partial charge on any atom is 0.224 e. The molecule has 0 amide bonds. The summed E-state index contributed by atoms with van der Waals surface area (Å²) in [6.07, 6.45) is 3.23. The molecule has 0 aliphatic heterocycles. The zero-order valence-electron chi connectivity index (χ0n) is 11.7. The Labute approximate surface area is 118 Å². The third-order valence-electron chi connectivity index (χ3n) is 4.06. The molecule has 2 aromatic rings. The van der Waals surface area contributed by atoms with Crippen molar-refractivity contribution >= 4 is 22.7 Å². The SMILES string of the molecule is CNc1nc(NCC2(CCO)CC2)c2ccccc2n1. The van der Waals surface area contributed by atoms with Gasteiger partial charge in [0.1, 0.15) is 5.82 Å². The lowest BCUT2D eigenvalue weighted by molar-refractivity contribution is 0.253. The smallest absolute Gasteiger partial charge is 0.224 e. The minimum atomic E-state index is 0.258. The van der Waals surface area contributed by atoms with E-state index in [0.717, 1.165) is 29.7 Å². The minimum absolute atomic E-state index is 0.258. The Kier molecular flexibility index (Phi) is 3.44. The van der Waals surface area contributed by atoms with E-state index in [0.29, 0.717) is 5.95 Å². The molecule has 0 bridgehead atoms. The Morgan fingerprint density at radius 3 is 2.75 bits per heavy atom. The summed E-state index contributed by atoms with van der Waals surface area (Å²) in [5.74, 6) is 1.49. The highest BCUT2D eigenvalue weighted by atomic mass is 16.3. The largest absolute Gasteiger partial charge is 0.396 e. The van der Waals surface area contributed by atoms with Crippen LogP contribution < -0.4 is 10.6 Å². The highest BCUT2D eigenvalue weighted by molar-refractivity contribution is 5.90. The van der Waals surface area contributed by atoms with Crippen molar-refractivity contribution < 1.29 is 5.11 Å². The van der Waals surface area contributed by atoms with Gasteiger partial charge in [0.15, 0.2) is 0 Å². The fourth-order valence-electron chi connectivity index (χ4n) is 2.52. The van der Waals surface area contributed by atoms with Crippen molar-refractivity contribution in [3.05, 3.63) is 24.3 Å². The standard InChI is InChI=1S/C15H20N4O/c1-16-14-18-12-5-3-2-4-11(12)13(19-14)17-10-15(6-7-15)8-9-20/h2-5,20H,6-10H2,1H3,(H2,16,17,18,19). The number of aromatic nitrogens is 2. The van der Waals surface area contributed by atoms with E-state index in [1.54, 1.807) is 0 Å². The van der Waals surface area contributed by atoms with E-state index in [9.17, 15) is 0 Å². The van der Waals surface area contributed by atoms with Crippen LogP contribution in [0.5, 0.6) is 0 Å². The zero-order chi connectivity index (χ0) is 14.0. The van der Waals surface area contributed by atoms with Crippen LogP contribution in [0.15, 0.2) is 24.3 Å². The summed E-state index contributed by atoms with van der Waals surface area (Å²) in [4.78, 5) is 8.96. The molecule has 3 rings (SSSR count). The number of aliphatic hydroxyl groups excluding tert-OH is 1. The molecule has 3 N–H and O–H groups in total. The van der Waals surface area contributed by atoms with Crippen molar-refractivity contribution in [1.82, 2.24) is 9.97 Å². The second kappa shape index (κ2) is 5.25. The van der Waals surface area contributed by atoms with Gasteiger partial charge in [-0.3, -0.25) is 0 Å². The number of aliphatic hydroxyl groups is 1. The number of rotatable bonds is 6. The second-order valence-corrected chi connectivity index (χ2v) is 5.49. The molecular formula is C15H20N4O. The Bertz CT molecular complexity index is 610. The van der Waals surface area contributed by atoms with Crippen molar-refractivity contribution in [1.29, 1.82) is 0 Å². The summed E-state index contributed by atoms with van der Waals surface area (Å²) in [5.41, 5.74) is 1.20. The summed E-state index contributed by atoms with van der Waals surface area (Å²) in [6.45, 7) is 1.12. The van der Waals surface area contributed by atoms with Crippen LogP contribution in [0.1, 0.15) is 19.3 Å². The van der Waals surface area contributed by atoms with E-state index in [1.807, 2.05) is 31.3 Å². The molecule has 106 valence electrons. The minimum Gasteiger partial charge on any atom is -0.396 e. The van der Waals surface area contributed by atoms with Gasteiger partial charge in [-0.1, -0.05) is 12.1 Å². The maximum absolute atomic E-state index is 9.13. The molecule has 5 heteroatoms. The van der Waals surface area contributed by atoms with Crippen LogP contribution in [-0.4, -0.2) is 35.3 Å². The topological polar surface area (TPSA) is 70.1 Å². The van der Waals surface area contributed by atoms with Crippen molar-refractivity contribution in [3.63, 3.8) is 0 Å². The molecule has 0 unspecified atom stereocenters. The molecule has 0 saturated heterocycles. The summed E-state index contributed by atoms with van der Waals surface area (Å²) >= 11 is 0. The number of hydrogen-bond donors (Lipinski definition) is 3. The van der Waals surface area contributed by atoms with Crippen molar-refractivity contribution in [2.45, 2.75) is 19.3 Å². The van der Waals surface area contributed by atoms with Crippen molar-refractivity contribution in [2.24, 2.45) is 5.41 Å². The second-order valence-electron chi connectivity index (χ2n) is 5.49. The number of fused-ring (bicyclic) bond motifs is 1. The Balaban J connectivity index is 1.86. The van der Waals surface area contributed by atoms with E-state index < -0.39 is 0 Å². The maximum atomic E-state index is 9.13. The van der Waals surface area contributed by atoms with Gasteiger partial charge in [0.2, 0.25) is 5.95 Å². The van der Waals surface area contributed by atoms with Crippen molar-refractivity contribution in [3.8, 4) is 0 Å². The number of nitrogens with zero attached hydrogens (tertiary/aromatic N) is 2. The Hall–Kier alpha value is -1.88. The van der Waals surface area contributed by atoms with Gasteiger partial charge in [-0.15, -0.1) is 0 Å². The van der Waals surface area contributed by atoms with Gasteiger partial charge in [0.05, 0.1) is 5.52 Å². The average Bonchev–Trinajstić information content (AvgIpc) is 3.25. The zero-order valence-corrected chi connectivity index (χ0v) is 11.7. The third-order valence-corrected chi connectivity index (χ3v) is 4.06. The van der Waals surface area contributed by atoms with E-state index in [4.69, 9.17) is 5.11 Å². The molecule has 20 heavy (non-hydrogen) atoms. The Morgan fingerprint density at radius 2 is 2.05 bits per heavy atom. The van der Waals surface area contributed by atoms with Gasteiger partial charge in [0.25, 0.3) is 0 Å². The molecule has 0 radical (unpaired) electrons. The molecular weight excluding hydrogens is 252 g/mol. The molecule has 5 nitrogen and oxygen atoms in total. The van der Waals surface area contributed by atoms with Crippen LogP contribution in [-0.2, 0) is 0 Å². The van der Waals surface area contributed by atoms with Gasteiger partial charge in [-0.05, 0) is 36.8 Å². The lowest BCUT2D eigenvalue weighted by atomic mass is 10.0. The molecule has 0 spiro atoms. The van der Waals surface area contributed by atoms with Gasteiger partial charge in [-0.25, -0.2) is 4.98 Å². The first-order valence-electron chi connectivity index (χ1n) is 7.06. The highest BCUT2D eigenvalue weighted by Gasteiger charge is 2.41. The lowest BCUT2D eigenvalue weighted by Crippen LogP contribution is -2.18. The number of para-hydroxylation sites is 1. The fourth-order valence-corrected chi connectivity index (χ4v) is 2.52. The molecule has 1 fully saturated rings. The monoisotopic (exact) mass is 272 g/mol. The molecule has 1 aliphatic rings. The Morgan fingerprint density at radius 1 is 1.25 bits per heavy atom. The van der Waals surface area contributed by atoms with Crippen LogP contribution in [0.25, 0.3) is 10.9 Å². The van der Waals surface area contributed by atoms with Gasteiger partial charge in [-0.2, -0.15) is 4.98 Å². The highest BCUT2D eigenvalue weighted by Crippen LogP contribution is 2.48. The summed E-state index contributed by atoms with van der Waals surface area (Å²) in [5, 5.41) is 16.6. The molecule has 1 aromatic carbocycles. The van der Waals surface area contributed by atoms with E-state index in [-0.39, 0.29) is 12.0 Å². The number of benzene rings is 1. The van der Waals surface area contributed by atoms with Crippen LogP contribution >= 0.6 is 0 Å². The summed E-state index contributed by atoms with van der Waals surface area (Å²) in [7, 11) is 1.82. The van der Waals surface area contributed by atoms with E-state index >= 15 is 0 Å². The molecule has 1 saturated carbocycles. The third kappa shape index (κ3) is 2.54. The predicted octanol–water partition coefficient (Wildman–Crippen LogP) is 2.25. The molecule has 0 atom stereocenters. The van der Waals surface area contributed by atoms with E-state index in [2.05, 4.69) is 20.6 Å². The molecule has 1 aliphatic carbocycles. The first kappa shape index (κ1) is 13.1. The fraction of sp³-hybridized carbons (Fsp3) is 0.467. The number of hydrogen-bond acceptors (Lipinski definition) is 5. The average molecular weight is 272 g/mol. The van der Waals surface area contributed by atoms with Crippen LogP contribution in [0, 0.1) is 5.41 Å². The first-order valence-corrected chi connectivity index (χ1v) is 7.06. The normalized spacial score (nSPS) is 16.1. The van der Waals surface area contributed by atoms with Gasteiger partial charge < -0.3 is 15.7 Å². The van der Waals surface area contributed by atoms with Gasteiger partial charge >= 0.3 is 0 Å². The first-order chi connectivity index (χ1) is 9.76.